The molecule has 7 nitrogen and oxygen atoms in total. The molecule has 1 aromatic heterocycles. The third kappa shape index (κ3) is 12.0. The standard InChI is InChI=1S/C10H11NO3.C10H9NO2.I3.I2/c1-2-9(12)11-8-6-4-3-5-7(8)10(13)14;1-2-9-11-8-6-4-3-5-7(8)10(12)13-9;1-3-2;1-2/h3-6H,2H2,1H3,(H,11,12)(H,13,14);3-6H,2H2,1H3;;/q;;-1;. The van der Waals surface area contributed by atoms with Gasteiger partial charge in [0, 0.05) is 50.1 Å². The van der Waals surface area contributed by atoms with E-state index in [0.717, 1.165) is 0 Å². The van der Waals surface area contributed by atoms with E-state index in [0.29, 0.717) is 48.6 Å². The zero-order valence-electron chi connectivity index (χ0n) is 17.0. The molecule has 0 atom stereocenters. The van der Waals surface area contributed by atoms with Crippen LogP contribution in [0.2, 0.25) is 0 Å². The minimum absolute atomic E-state index is 0.106. The molecule has 0 bridgehead atoms. The number of hydrogen-bond donors (Lipinski definition) is 2. The first-order chi connectivity index (χ1) is 15.4. The number of aryl methyl sites for hydroxylation is 1. The molecule has 3 aromatic rings. The van der Waals surface area contributed by atoms with Crippen LogP contribution >= 0.6 is 74.5 Å². The fourth-order valence-electron chi connectivity index (χ4n) is 2.23. The molecule has 0 aliphatic heterocycles. The van der Waals surface area contributed by atoms with Gasteiger partial charge in [0.1, 0.15) is 0 Å². The molecular formula is C20H20I5N2O5-. The average molecular weight is 1000 g/mol. The summed E-state index contributed by atoms with van der Waals surface area (Å²) in [4.78, 5) is 37.3. The Hall–Kier alpha value is 0.170. The topological polar surface area (TPSA) is 110 Å². The number of rotatable bonds is 4. The molecule has 0 unspecified atom stereocenters. The second-order valence-corrected chi connectivity index (χ2v) is 21.8. The van der Waals surface area contributed by atoms with E-state index in [1.807, 2.05) is 19.1 Å². The summed E-state index contributed by atoms with van der Waals surface area (Å²) in [7, 11) is 0. The number of fused-ring (bicyclic) bond motifs is 1. The van der Waals surface area contributed by atoms with Crippen molar-refractivity contribution in [2.75, 3.05) is 5.32 Å². The molecule has 0 radical (unpaired) electrons. The van der Waals surface area contributed by atoms with E-state index in [-0.39, 0.29) is 17.1 Å². The quantitative estimate of drug-likeness (QED) is 0.383. The Bertz CT molecular complexity index is 1050. The summed E-state index contributed by atoms with van der Waals surface area (Å²) >= 11 is 9.54. The summed E-state index contributed by atoms with van der Waals surface area (Å²) in [5.74, 6) is -0.751. The number of carboxylic acids is 1. The molecule has 32 heavy (non-hydrogen) atoms. The van der Waals surface area contributed by atoms with Crippen LogP contribution in [0.25, 0.3) is 10.9 Å². The van der Waals surface area contributed by atoms with Gasteiger partial charge < -0.3 is 14.8 Å². The fourth-order valence-corrected chi connectivity index (χ4v) is 2.23. The van der Waals surface area contributed by atoms with E-state index in [2.05, 4.69) is 84.8 Å². The van der Waals surface area contributed by atoms with Crippen LogP contribution in [0.5, 0.6) is 0 Å². The van der Waals surface area contributed by atoms with Gasteiger partial charge in [0.2, 0.25) is 5.91 Å². The van der Waals surface area contributed by atoms with Gasteiger partial charge >= 0.3 is 62.1 Å². The van der Waals surface area contributed by atoms with Crippen LogP contribution in [0.3, 0.4) is 0 Å². The van der Waals surface area contributed by atoms with E-state index >= 15 is 0 Å². The van der Waals surface area contributed by atoms with Crippen molar-refractivity contribution in [3.05, 3.63) is 70.4 Å². The second-order valence-electron chi connectivity index (χ2n) is 5.57. The van der Waals surface area contributed by atoms with E-state index in [1.54, 1.807) is 37.3 Å². The van der Waals surface area contributed by atoms with Gasteiger partial charge in [-0.3, -0.25) is 4.79 Å². The van der Waals surface area contributed by atoms with Gasteiger partial charge in [-0.15, -0.1) is 0 Å². The number of carbonyl (C=O) groups excluding carboxylic acids is 1. The molecule has 0 aliphatic rings. The number of aromatic carboxylic acids is 1. The van der Waals surface area contributed by atoms with Crippen molar-refractivity contribution in [3.8, 4) is 0 Å². The third-order valence-corrected chi connectivity index (χ3v) is 3.63. The van der Waals surface area contributed by atoms with Crippen LogP contribution in [-0.4, -0.2) is 22.0 Å². The maximum absolute atomic E-state index is 11.4. The molecule has 2 N–H and O–H groups in total. The number of carbonyl (C=O) groups is 2. The van der Waals surface area contributed by atoms with Crippen molar-refractivity contribution in [2.24, 2.45) is 0 Å². The number of amides is 1. The summed E-state index contributed by atoms with van der Waals surface area (Å²) in [6.45, 7) is 3.61. The van der Waals surface area contributed by atoms with E-state index in [9.17, 15) is 14.4 Å². The van der Waals surface area contributed by atoms with Gasteiger partial charge in [-0.05, 0) is 24.3 Å². The van der Waals surface area contributed by atoms with Crippen molar-refractivity contribution in [3.63, 3.8) is 0 Å². The summed E-state index contributed by atoms with van der Waals surface area (Å²) < 4.78 is 4.97. The molecule has 176 valence electrons. The predicted octanol–water partition coefficient (Wildman–Crippen LogP) is 4.03. The number of anilines is 1. The molecule has 2 aromatic carbocycles. The molecule has 3 rings (SSSR count). The van der Waals surface area contributed by atoms with Crippen LogP contribution < -0.4 is 24.2 Å². The van der Waals surface area contributed by atoms with Crippen molar-refractivity contribution in [1.82, 2.24) is 4.98 Å². The van der Waals surface area contributed by atoms with Crippen molar-refractivity contribution in [2.45, 2.75) is 26.7 Å². The van der Waals surface area contributed by atoms with Gasteiger partial charge in [0.15, 0.2) is 5.89 Å². The summed E-state index contributed by atoms with van der Waals surface area (Å²) in [6, 6.07) is 13.5. The van der Waals surface area contributed by atoms with Gasteiger partial charge in [0.25, 0.3) is 0 Å². The molecule has 12 heteroatoms. The summed E-state index contributed by atoms with van der Waals surface area (Å²) in [5.41, 5.74) is 0.846. The van der Waals surface area contributed by atoms with Crippen molar-refractivity contribution in [1.29, 1.82) is 0 Å². The van der Waals surface area contributed by atoms with E-state index in [1.165, 1.54) is 6.07 Å². The van der Waals surface area contributed by atoms with Gasteiger partial charge in [-0.25, -0.2) is 14.6 Å². The molecular weight excluding hydrogens is 983 g/mol. The first-order valence-electron chi connectivity index (χ1n) is 8.90. The van der Waals surface area contributed by atoms with Crippen molar-refractivity contribution >= 4 is 103 Å². The fraction of sp³-hybridized carbons (Fsp3) is 0.200. The Balaban J connectivity index is 0.000000501. The first kappa shape index (κ1) is 32.2. The van der Waals surface area contributed by atoms with E-state index < -0.39 is 5.97 Å². The monoisotopic (exact) mass is 1000 g/mol. The Kier molecular flexibility index (Phi) is 19.6. The Morgan fingerprint density at radius 3 is 2.19 bits per heavy atom. The van der Waals surface area contributed by atoms with Crippen LogP contribution in [-0.2, 0) is 11.2 Å². The maximum atomic E-state index is 11.4. The van der Waals surface area contributed by atoms with Crippen molar-refractivity contribution < 1.29 is 32.4 Å². The Labute approximate surface area is 239 Å². The predicted molar refractivity (Wildman–Crippen MR) is 158 cm³/mol. The summed E-state index contributed by atoms with van der Waals surface area (Å²) in [6.07, 6.45) is 0.966. The van der Waals surface area contributed by atoms with Crippen LogP contribution in [0.1, 0.15) is 36.5 Å². The number of nitrogens with zero attached hydrogens (tertiary/aromatic N) is 1. The first-order valence-corrected chi connectivity index (χ1v) is 27.8. The molecule has 1 heterocycles. The molecule has 1 amide bonds. The van der Waals surface area contributed by atoms with Crippen LogP contribution in [0.15, 0.2) is 57.7 Å². The molecule has 0 spiro atoms. The number of nitrogens with one attached hydrogen (secondary N) is 1. The summed E-state index contributed by atoms with van der Waals surface area (Å²) in [5, 5.41) is 11.9. The Morgan fingerprint density at radius 1 is 1.06 bits per heavy atom. The van der Waals surface area contributed by atoms with Gasteiger partial charge in [-0.1, -0.05) is 38.1 Å². The number of hydrogen-bond acceptors (Lipinski definition) is 5. The van der Waals surface area contributed by atoms with Gasteiger partial charge in [-0.2, -0.15) is 0 Å². The SMILES string of the molecule is CCC(=O)Nc1ccccc1C(=O)O.CCc1nc2ccccc2c(=O)o1.II.I[I-]I. The number of benzene rings is 2. The Morgan fingerprint density at radius 2 is 1.62 bits per heavy atom. The molecule has 0 aliphatic carbocycles. The van der Waals surface area contributed by atoms with Gasteiger partial charge in [0.05, 0.1) is 22.2 Å². The third-order valence-electron chi connectivity index (χ3n) is 3.63. The molecule has 0 fully saturated rings. The zero-order valence-corrected chi connectivity index (χ0v) is 27.7. The number of carboxylic acid groups (broad SMARTS) is 1. The van der Waals surface area contributed by atoms with Crippen LogP contribution in [0, 0.1) is 0 Å². The van der Waals surface area contributed by atoms with Crippen LogP contribution in [0.4, 0.5) is 5.69 Å². The second kappa shape index (κ2) is 19.5. The normalized spacial score (nSPS) is 9.31. The zero-order chi connectivity index (χ0) is 24.5. The minimum atomic E-state index is -1.04. The number of para-hydroxylation sites is 2. The molecule has 0 saturated heterocycles. The number of halogens is 5. The van der Waals surface area contributed by atoms with E-state index in [4.69, 9.17) is 9.52 Å². The number of aromatic nitrogens is 1. The average Bonchev–Trinajstić information content (AvgIpc) is 2.81. The molecule has 0 saturated carbocycles.